The van der Waals surface area contributed by atoms with Crippen LogP contribution in [0.2, 0.25) is 0 Å². The van der Waals surface area contributed by atoms with Crippen LogP contribution in [-0.4, -0.2) is 38.8 Å². The lowest BCUT2D eigenvalue weighted by molar-refractivity contribution is -0.118. The van der Waals surface area contributed by atoms with Crippen molar-refractivity contribution in [1.82, 2.24) is 20.1 Å². The molecule has 4 aromatic rings. The SMILES string of the molecule is CC(=O)NCCc1nnc(SCC(=O)c2ccccc2)n1-c1cccc2ccccc12. The van der Waals surface area contributed by atoms with Crippen molar-refractivity contribution in [1.29, 1.82) is 0 Å². The number of Topliss-reactive ketones (excluding diaryl/α,β-unsaturated/α-hetero) is 1. The second-order valence-electron chi connectivity index (χ2n) is 7.04. The monoisotopic (exact) mass is 430 g/mol. The Hall–Kier alpha value is -3.45. The normalized spacial score (nSPS) is 10.9. The van der Waals surface area contributed by atoms with Crippen molar-refractivity contribution >= 4 is 34.2 Å². The number of carbonyl (C=O) groups excluding carboxylic acids is 2. The van der Waals surface area contributed by atoms with Crippen molar-refractivity contribution in [3.05, 3.63) is 84.2 Å². The molecular weight excluding hydrogens is 408 g/mol. The molecule has 4 rings (SSSR count). The van der Waals surface area contributed by atoms with Crippen molar-refractivity contribution in [2.24, 2.45) is 0 Å². The Morgan fingerprint density at radius 1 is 0.935 bits per heavy atom. The molecule has 0 saturated heterocycles. The molecule has 0 unspecified atom stereocenters. The molecule has 0 fully saturated rings. The van der Waals surface area contributed by atoms with Crippen molar-refractivity contribution < 1.29 is 9.59 Å². The zero-order valence-corrected chi connectivity index (χ0v) is 17.9. The van der Waals surface area contributed by atoms with E-state index < -0.39 is 0 Å². The molecule has 31 heavy (non-hydrogen) atoms. The van der Waals surface area contributed by atoms with Crippen molar-refractivity contribution in [2.45, 2.75) is 18.5 Å². The van der Waals surface area contributed by atoms with Gasteiger partial charge in [0.2, 0.25) is 5.91 Å². The number of benzene rings is 3. The fraction of sp³-hybridized carbons (Fsp3) is 0.167. The number of ketones is 1. The molecule has 0 bridgehead atoms. The van der Waals surface area contributed by atoms with E-state index in [9.17, 15) is 9.59 Å². The summed E-state index contributed by atoms with van der Waals surface area (Å²) in [6, 6.07) is 23.5. The topological polar surface area (TPSA) is 76.9 Å². The zero-order chi connectivity index (χ0) is 21.6. The first-order valence-corrected chi connectivity index (χ1v) is 11.0. The first-order chi connectivity index (χ1) is 15.1. The maximum Gasteiger partial charge on any atom is 0.216 e. The third-order valence-corrected chi connectivity index (χ3v) is 5.79. The maximum atomic E-state index is 12.6. The van der Waals surface area contributed by atoms with Gasteiger partial charge in [-0.05, 0) is 11.5 Å². The van der Waals surface area contributed by atoms with E-state index in [0.29, 0.717) is 23.7 Å². The number of hydrogen-bond donors (Lipinski definition) is 1. The van der Waals surface area contributed by atoms with Gasteiger partial charge in [0.05, 0.1) is 11.4 Å². The molecule has 0 radical (unpaired) electrons. The van der Waals surface area contributed by atoms with Crippen LogP contribution < -0.4 is 5.32 Å². The summed E-state index contributed by atoms with van der Waals surface area (Å²) in [6.07, 6.45) is 0.531. The fourth-order valence-corrected chi connectivity index (χ4v) is 4.25. The van der Waals surface area contributed by atoms with Crippen LogP contribution in [-0.2, 0) is 11.2 Å². The lowest BCUT2D eigenvalue weighted by atomic mass is 10.1. The summed E-state index contributed by atoms with van der Waals surface area (Å²) < 4.78 is 1.99. The number of rotatable bonds is 8. The van der Waals surface area contributed by atoms with Gasteiger partial charge in [-0.15, -0.1) is 10.2 Å². The molecule has 1 aromatic heterocycles. The van der Waals surface area contributed by atoms with Gasteiger partial charge in [0, 0.05) is 30.8 Å². The molecule has 6 nitrogen and oxygen atoms in total. The highest BCUT2D eigenvalue weighted by atomic mass is 32.2. The average molecular weight is 431 g/mol. The largest absolute Gasteiger partial charge is 0.356 e. The van der Waals surface area contributed by atoms with E-state index in [4.69, 9.17) is 0 Å². The van der Waals surface area contributed by atoms with E-state index >= 15 is 0 Å². The van der Waals surface area contributed by atoms with E-state index in [0.717, 1.165) is 22.3 Å². The van der Waals surface area contributed by atoms with Gasteiger partial charge in [-0.1, -0.05) is 78.5 Å². The predicted octanol–water partition coefficient (Wildman–Crippen LogP) is 4.07. The first kappa shape index (κ1) is 20.8. The molecule has 0 spiro atoms. The molecule has 156 valence electrons. The minimum atomic E-state index is -0.0840. The standard InChI is InChI=1S/C24H22N4O2S/c1-17(29)25-15-14-23-26-27-24(31-16-22(30)19-9-3-2-4-10-19)28(23)21-13-7-11-18-8-5-6-12-20(18)21/h2-13H,14-16H2,1H3,(H,25,29). The minimum Gasteiger partial charge on any atom is -0.356 e. The fourth-order valence-electron chi connectivity index (χ4n) is 3.39. The lowest BCUT2D eigenvalue weighted by Crippen LogP contribution is -2.23. The summed E-state index contributed by atoms with van der Waals surface area (Å²) in [5.41, 5.74) is 1.63. The number of amides is 1. The summed E-state index contributed by atoms with van der Waals surface area (Å²) in [5.74, 6) is 0.954. The number of hydrogen-bond acceptors (Lipinski definition) is 5. The molecule has 0 aliphatic rings. The Morgan fingerprint density at radius 2 is 1.68 bits per heavy atom. The summed E-state index contributed by atoms with van der Waals surface area (Å²) in [4.78, 5) is 23.9. The number of carbonyl (C=O) groups is 2. The Kier molecular flexibility index (Phi) is 6.43. The molecule has 1 heterocycles. The molecule has 7 heteroatoms. The Morgan fingerprint density at radius 3 is 2.48 bits per heavy atom. The van der Waals surface area contributed by atoms with Gasteiger partial charge in [0.1, 0.15) is 5.82 Å². The third-order valence-electron chi connectivity index (χ3n) is 4.86. The zero-order valence-electron chi connectivity index (χ0n) is 17.1. The van der Waals surface area contributed by atoms with Crippen LogP contribution in [0.4, 0.5) is 0 Å². The lowest BCUT2D eigenvalue weighted by Gasteiger charge is -2.13. The highest BCUT2D eigenvalue weighted by molar-refractivity contribution is 7.99. The summed E-state index contributed by atoms with van der Waals surface area (Å²) in [7, 11) is 0. The Bertz CT molecular complexity index is 1220. The van der Waals surface area contributed by atoms with Crippen molar-refractivity contribution in [3.8, 4) is 5.69 Å². The Balaban J connectivity index is 1.67. The van der Waals surface area contributed by atoms with E-state index in [1.54, 1.807) is 0 Å². The highest BCUT2D eigenvalue weighted by Gasteiger charge is 2.18. The first-order valence-electron chi connectivity index (χ1n) is 10.0. The second-order valence-corrected chi connectivity index (χ2v) is 7.99. The van der Waals surface area contributed by atoms with Crippen LogP contribution in [0, 0.1) is 0 Å². The van der Waals surface area contributed by atoms with E-state index in [2.05, 4.69) is 33.7 Å². The van der Waals surface area contributed by atoms with Crippen LogP contribution >= 0.6 is 11.8 Å². The molecule has 0 saturated carbocycles. The second kappa shape index (κ2) is 9.57. The quantitative estimate of drug-likeness (QED) is 0.337. The minimum absolute atomic E-state index is 0.0397. The number of aromatic nitrogens is 3. The van der Waals surface area contributed by atoms with Crippen molar-refractivity contribution in [2.75, 3.05) is 12.3 Å². The molecule has 0 aliphatic heterocycles. The average Bonchev–Trinajstić information content (AvgIpc) is 3.20. The van der Waals surface area contributed by atoms with Crippen LogP contribution in [0.1, 0.15) is 23.1 Å². The van der Waals surface area contributed by atoms with E-state index in [1.165, 1.54) is 18.7 Å². The van der Waals surface area contributed by atoms with Crippen molar-refractivity contribution in [3.63, 3.8) is 0 Å². The molecule has 1 N–H and O–H groups in total. The molecule has 0 atom stereocenters. The number of nitrogens with one attached hydrogen (secondary N) is 1. The van der Waals surface area contributed by atoms with Crippen LogP contribution in [0.25, 0.3) is 16.5 Å². The van der Waals surface area contributed by atoms with Gasteiger partial charge in [-0.25, -0.2) is 0 Å². The van der Waals surface area contributed by atoms with Gasteiger partial charge >= 0.3 is 0 Å². The summed E-state index contributed by atoms with van der Waals surface area (Å²) in [6.45, 7) is 1.96. The Labute approximate surface area is 184 Å². The molecule has 0 aliphatic carbocycles. The predicted molar refractivity (Wildman–Crippen MR) is 123 cm³/mol. The molecule has 3 aromatic carbocycles. The molecule has 1 amide bonds. The van der Waals surface area contributed by atoms with Gasteiger partial charge in [0.15, 0.2) is 10.9 Å². The van der Waals surface area contributed by atoms with Gasteiger partial charge in [0.25, 0.3) is 0 Å². The summed E-state index contributed by atoms with van der Waals surface area (Å²) >= 11 is 1.37. The van der Waals surface area contributed by atoms with E-state index in [1.807, 2.05) is 59.2 Å². The smallest absolute Gasteiger partial charge is 0.216 e. The molecular formula is C24H22N4O2S. The van der Waals surface area contributed by atoms with E-state index in [-0.39, 0.29) is 17.4 Å². The maximum absolute atomic E-state index is 12.6. The van der Waals surface area contributed by atoms with Gasteiger partial charge in [-0.3, -0.25) is 14.2 Å². The van der Waals surface area contributed by atoms with Crippen LogP contribution in [0.5, 0.6) is 0 Å². The summed E-state index contributed by atoms with van der Waals surface area (Å²) in [5, 5.41) is 14.4. The van der Waals surface area contributed by atoms with Crippen LogP contribution in [0.15, 0.2) is 78.0 Å². The van der Waals surface area contributed by atoms with Gasteiger partial charge < -0.3 is 5.32 Å². The highest BCUT2D eigenvalue weighted by Crippen LogP contribution is 2.28. The number of fused-ring (bicyclic) bond motifs is 1. The van der Waals surface area contributed by atoms with Crippen LogP contribution in [0.3, 0.4) is 0 Å². The van der Waals surface area contributed by atoms with Gasteiger partial charge in [-0.2, -0.15) is 0 Å². The number of thioether (sulfide) groups is 1. The number of nitrogens with zero attached hydrogens (tertiary/aromatic N) is 3. The third kappa shape index (κ3) is 4.83.